The fraction of sp³-hybridized carbons (Fsp3) is 0.474. The maximum absolute atomic E-state index is 4.49. The first-order chi connectivity index (χ1) is 11.4. The van der Waals surface area contributed by atoms with Gasteiger partial charge in [0.05, 0.1) is 5.69 Å². The van der Waals surface area contributed by atoms with Gasteiger partial charge in [0.15, 0.2) is 5.96 Å². The number of benzene rings is 1. The summed E-state index contributed by atoms with van der Waals surface area (Å²) in [6.07, 6.45) is 0.927. The Morgan fingerprint density at radius 1 is 1.20 bits per heavy atom. The first-order valence-electron chi connectivity index (χ1n) is 8.42. The van der Waals surface area contributed by atoms with E-state index >= 15 is 0 Å². The summed E-state index contributed by atoms with van der Waals surface area (Å²) in [4.78, 5) is 4.33. The molecule has 5 nitrogen and oxygen atoms in total. The van der Waals surface area contributed by atoms with Crippen molar-refractivity contribution in [1.82, 2.24) is 20.4 Å². The average molecular weight is 455 g/mol. The van der Waals surface area contributed by atoms with Crippen molar-refractivity contribution in [3.63, 3.8) is 0 Å². The summed E-state index contributed by atoms with van der Waals surface area (Å²) >= 11 is 0. The van der Waals surface area contributed by atoms with Crippen LogP contribution in [0.2, 0.25) is 0 Å². The molecule has 1 aromatic carbocycles. The summed E-state index contributed by atoms with van der Waals surface area (Å²) < 4.78 is 1.95. The molecule has 138 valence electrons. The van der Waals surface area contributed by atoms with E-state index in [2.05, 4.69) is 72.7 Å². The summed E-state index contributed by atoms with van der Waals surface area (Å²) in [7, 11) is 3.80. The monoisotopic (exact) mass is 455 g/mol. The molecule has 2 aromatic rings. The molecule has 2 rings (SSSR count). The van der Waals surface area contributed by atoms with Gasteiger partial charge < -0.3 is 10.6 Å². The zero-order chi connectivity index (χ0) is 17.7. The first-order valence-corrected chi connectivity index (χ1v) is 8.42. The maximum Gasteiger partial charge on any atom is 0.191 e. The van der Waals surface area contributed by atoms with Gasteiger partial charge in [-0.05, 0) is 45.2 Å². The average Bonchev–Trinajstić information content (AvgIpc) is 2.79. The van der Waals surface area contributed by atoms with Gasteiger partial charge in [-0.15, -0.1) is 24.0 Å². The van der Waals surface area contributed by atoms with Crippen molar-refractivity contribution in [2.24, 2.45) is 12.0 Å². The van der Waals surface area contributed by atoms with E-state index < -0.39 is 0 Å². The normalized spacial score (nSPS) is 12.5. The van der Waals surface area contributed by atoms with Gasteiger partial charge in [-0.3, -0.25) is 9.67 Å². The van der Waals surface area contributed by atoms with Gasteiger partial charge in [0.2, 0.25) is 0 Å². The summed E-state index contributed by atoms with van der Waals surface area (Å²) in [6.45, 7) is 9.22. The third kappa shape index (κ3) is 6.02. The highest BCUT2D eigenvalue weighted by atomic mass is 127. The molecule has 25 heavy (non-hydrogen) atoms. The third-order valence-electron chi connectivity index (χ3n) is 4.36. The van der Waals surface area contributed by atoms with E-state index in [0.717, 1.165) is 24.6 Å². The Morgan fingerprint density at radius 3 is 2.36 bits per heavy atom. The Labute approximate surface area is 168 Å². The fourth-order valence-electron chi connectivity index (χ4n) is 2.79. The van der Waals surface area contributed by atoms with Gasteiger partial charge >= 0.3 is 0 Å². The van der Waals surface area contributed by atoms with Gasteiger partial charge in [0.25, 0.3) is 0 Å². The number of aryl methyl sites for hydroxylation is 3. The number of guanidine groups is 1. The molecule has 1 unspecified atom stereocenters. The van der Waals surface area contributed by atoms with Crippen LogP contribution in [0.3, 0.4) is 0 Å². The molecule has 0 saturated carbocycles. The van der Waals surface area contributed by atoms with E-state index in [0.29, 0.717) is 0 Å². The molecule has 1 atom stereocenters. The van der Waals surface area contributed by atoms with Crippen LogP contribution in [0.4, 0.5) is 0 Å². The van der Waals surface area contributed by atoms with E-state index in [1.54, 1.807) is 7.05 Å². The number of rotatable bonds is 5. The zero-order valence-corrected chi connectivity index (χ0v) is 18.4. The van der Waals surface area contributed by atoms with Gasteiger partial charge in [-0.1, -0.05) is 29.8 Å². The van der Waals surface area contributed by atoms with Crippen LogP contribution in [0.15, 0.2) is 29.3 Å². The topological polar surface area (TPSA) is 54.2 Å². The molecule has 0 aliphatic heterocycles. The van der Waals surface area contributed by atoms with Crippen molar-refractivity contribution in [2.45, 2.75) is 46.7 Å². The molecule has 1 heterocycles. The summed E-state index contributed by atoms with van der Waals surface area (Å²) in [5.41, 5.74) is 6.16. The minimum absolute atomic E-state index is 0. The molecule has 0 bridgehead atoms. The van der Waals surface area contributed by atoms with Crippen LogP contribution in [-0.2, 0) is 20.0 Å². The van der Waals surface area contributed by atoms with Crippen LogP contribution in [0.5, 0.6) is 0 Å². The zero-order valence-electron chi connectivity index (χ0n) is 16.1. The smallest absolute Gasteiger partial charge is 0.191 e. The quantitative estimate of drug-likeness (QED) is 0.414. The maximum atomic E-state index is 4.49. The van der Waals surface area contributed by atoms with Crippen LogP contribution in [0.25, 0.3) is 0 Å². The van der Waals surface area contributed by atoms with Gasteiger partial charge in [0.1, 0.15) is 0 Å². The minimum atomic E-state index is 0. The van der Waals surface area contributed by atoms with Gasteiger partial charge in [-0.25, -0.2) is 0 Å². The number of halogens is 1. The van der Waals surface area contributed by atoms with E-state index in [1.807, 2.05) is 11.7 Å². The lowest BCUT2D eigenvalue weighted by atomic mass is 10.1. The molecule has 0 amide bonds. The Bertz CT molecular complexity index is 703. The fourth-order valence-corrected chi connectivity index (χ4v) is 2.79. The second-order valence-corrected chi connectivity index (χ2v) is 6.43. The molecule has 0 radical (unpaired) electrons. The molecule has 0 spiro atoms. The number of nitrogens with one attached hydrogen (secondary N) is 2. The molecule has 0 aliphatic rings. The van der Waals surface area contributed by atoms with E-state index in [4.69, 9.17) is 0 Å². The standard InChI is InChI=1S/C19H29N5.HI/c1-13-7-9-17(10-8-13)12-21-19(20-5)22-14(2)11-18-15(3)23-24(6)16(18)4;/h7-10,14H,11-12H2,1-6H3,(H2,20,21,22);1H. The highest BCUT2D eigenvalue weighted by molar-refractivity contribution is 14.0. The summed E-state index contributed by atoms with van der Waals surface area (Å²) in [6, 6.07) is 8.81. The van der Waals surface area contributed by atoms with Crippen molar-refractivity contribution in [1.29, 1.82) is 0 Å². The Balaban J connectivity index is 0.00000312. The van der Waals surface area contributed by atoms with Crippen LogP contribution in [0.1, 0.15) is 35.0 Å². The lowest BCUT2D eigenvalue weighted by Crippen LogP contribution is -2.42. The predicted molar refractivity (Wildman–Crippen MR) is 116 cm³/mol. The van der Waals surface area contributed by atoms with Gasteiger partial charge in [-0.2, -0.15) is 5.10 Å². The highest BCUT2D eigenvalue weighted by Crippen LogP contribution is 2.14. The molecule has 6 heteroatoms. The van der Waals surface area contributed by atoms with E-state index in [-0.39, 0.29) is 30.0 Å². The number of nitrogens with zero attached hydrogens (tertiary/aromatic N) is 3. The summed E-state index contributed by atoms with van der Waals surface area (Å²) in [5.74, 6) is 0.822. The Kier molecular flexibility index (Phi) is 8.41. The number of aromatic nitrogens is 2. The van der Waals surface area contributed by atoms with Crippen LogP contribution in [-0.4, -0.2) is 28.8 Å². The largest absolute Gasteiger partial charge is 0.354 e. The van der Waals surface area contributed by atoms with Crippen molar-refractivity contribution in [3.8, 4) is 0 Å². The number of hydrogen-bond donors (Lipinski definition) is 2. The number of hydrogen-bond acceptors (Lipinski definition) is 2. The minimum Gasteiger partial charge on any atom is -0.354 e. The second kappa shape index (κ2) is 9.79. The van der Waals surface area contributed by atoms with Crippen LogP contribution >= 0.6 is 24.0 Å². The van der Waals surface area contributed by atoms with Crippen molar-refractivity contribution >= 4 is 29.9 Å². The summed E-state index contributed by atoms with van der Waals surface area (Å²) in [5, 5.41) is 11.3. The molecule has 1 aromatic heterocycles. The molecular formula is C19H30IN5. The second-order valence-electron chi connectivity index (χ2n) is 6.43. The van der Waals surface area contributed by atoms with Crippen molar-refractivity contribution < 1.29 is 0 Å². The molecule has 0 saturated heterocycles. The predicted octanol–water partition coefficient (Wildman–Crippen LogP) is 3.26. The molecule has 0 aliphatic carbocycles. The Hall–Kier alpha value is -1.57. The lowest BCUT2D eigenvalue weighted by molar-refractivity contribution is 0.635. The van der Waals surface area contributed by atoms with E-state index in [9.17, 15) is 0 Å². The SMILES string of the molecule is CN=C(NCc1ccc(C)cc1)NC(C)Cc1c(C)nn(C)c1C.I. The Morgan fingerprint density at radius 2 is 1.84 bits per heavy atom. The third-order valence-corrected chi connectivity index (χ3v) is 4.36. The van der Waals surface area contributed by atoms with Gasteiger partial charge in [0, 0.05) is 32.4 Å². The lowest BCUT2D eigenvalue weighted by Gasteiger charge is -2.18. The number of aliphatic imine (C=N–C) groups is 1. The molecular weight excluding hydrogens is 425 g/mol. The van der Waals surface area contributed by atoms with Crippen LogP contribution in [0, 0.1) is 20.8 Å². The van der Waals surface area contributed by atoms with Crippen LogP contribution < -0.4 is 10.6 Å². The molecule has 0 fully saturated rings. The molecule has 2 N–H and O–H groups in total. The van der Waals surface area contributed by atoms with Crippen molar-refractivity contribution in [2.75, 3.05) is 7.05 Å². The van der Waals surface area contributed by atoms with Crippen molar-refractivity contribution in [3.05, 3.63) is 52.3 Å². The first kappa shape index (κ1) is 21.5. The highest BCUT2D eigenvalue weighted by Gasteiger charge is 2.13. The van der Waals surface area contributed by atoms with E-state index in [1.165, 1.54) is 22.4 Å².